The predicted octanol–water partition coefficient (Wildman–Crippen LogP) is 4.12. The molecule has 0 bridgehead atoms. The molecular weight excluding hydrogens is 360 g/mol. The first-order valence-corrected chi connectivity index (χ1v) is 8.78. The van der Waals surface area contributed by atoms with Crippen LogP contribution in [0.1, 0.15) is 21.5 Å². The van der Waals surface area contributed by atoms with Gasteiger partial charge in [0, 0.05) is 17.1 Å². The Kier molecular flexibility index (Phi) is 4.35. The van der Waals surface area contributed by atoms with Crippen molar-refractivity contribution in [3.63, 3.8) is 0 Å². The van der Waals surface area contributed by atoms with Gasteiger partial charge in [-0.2, -0.15) is 0 Å². The number of carbonyl (C=O) groups excluding carboxylic acids is 1. The molecular formula is C21H18N2O5. The quantitative estimate of drug-likeness (QED) is 0.533. The molecule has 28 heavy (non-hydrogen) atoms. The zero-order valence-electron chi connectivity index (χ0n) is 15.4. The van der Waals surface area contributed by atoms with Gasteiger partial charge in [0.05, 0.1) is 25.2 Å². The summed E-state index contributed by atoms with van der Waals surface area (Å²) in [5, 5.41) is 16.4. The van der Waals surface area contributed by atoms with Gasteiger partial charge >= 0.3 is 0 Å². The third-order valence-electron chi connectivity index (χ3n) is 5.07. The third-order valence-corrected chi connectivity index (χ3v) is 5.07. The molecule has 1 aliphatic rings. The van der Waals surface area contributed by atoms with Crippen molar-refractivity contribution in [2.45, 2.75) is 12.8 Å². The number of nitrogens with one attached hydrogen (secondary N) is 1. The van der Waals surface area contributed by atoms with E-state index in [1.807, 2.05) is 24.3 Å². The van der Waals surface area contributed by atoms with Gasteiger partial charge in [-0.1, -0.05) is 24.3 Å². The van der Waals surface area contributed by atoms with Gasteiger partial charge in [-0.05, 0) is 35.4 Å². The maximum atomic E-state index is 12.9. The number of amides is 1. The van der Waals surface area contributed by atoms with Gasteiger partial charge < -0.3 is 14.8 Å². The molecule has 0 saturated heterocycles. The molecule has 0 spiro atoms. The first-order chi connectivity index (χ1) is 13.5. The standard InChI is InChI=1S/C21H18N2O5/c1-27-18-10-15(17(23(25)26)11-19(18)28-2)21(24)22-16-9-8-13-7-6-12-4-3-5-14(16)20(12)13/h3-5,8-11H,6-7H2,1-2H3,(H,22,24). The van der Waals surface area contributed by atoms with Crippen LogP contribution in [-0.4, -0.2) is 25.1 Å². The highest BCUT2D eigenvalue weighted by Crippen LogP contribution is 2.37. The van der Waals surface area contributed by atoms with Gasteiger partial charge in [0.15, 0.2) is 11.5 Å². The van der Waals surface area contributed by atoms with Crippen molar-refractivity contribution >= 4 is 28.1 Å². The lowest BCUT2D eigenvalue weighted by atomic mass is 10.0. The highest BCUT2D eigenvalue weighted by molar-refractivity contribution is 6.12. The fourth-order valence-electron chi connectivity index (χ4n) is 3.75. The van der Waals surface area contributed by atoms with Crippen LogP contribution in [0.5, 0.6) is 11.5 Å². The first kappa shape index (κ1) is 17.8. The van der Waals surface area contributed by atoms with Crippen LogP contribution < -0.4 is 14.8 Å². The summed E-state index contributed by atoms with van der Waals surface area (Å²) in [6.45, 7) is 0. The number of nitro groups is 1. The Balaban J connectivity index is 1.78. The monoisotopic (exact) mass is 378 g/mol. The largest absolute Gasteiger partial charge is 0.493 e. The van der Waals surface area contributed by atoms with Crippen molar-refractivity contribution in [2.75, 3.05) is 19.5 Å². The molecule has 1 amide bonds. The molecule has 0 aromatic heterocycles. The second-order valence-corrected chi connectivity index (χ2v) is 6.55. The summed E-state index contributed by atoms with van der Waals surface area (Å²) < 4.78 is 10.3. The van der Waals surface area contributed by atoms with Gasteiger partial charge in [0.1, 0.15) is 5.56 Å². The summed E-state index contributed by atoms with van der Waals surface area (Å²) in [5.74, 6) is -0.138. The van der Waals surface area contributed by atoms with Gasteiger partial charge in [-0.25, -0.2) is 0 Å². The Bertz CT molecular complexity index is 1110. The zero-order valence-corrected chi connectivity index (χ0v) is 15.4. The average Bonchev–Trinajstić information content (AvgIpc) is 3.13. The van der Waals surface area contributed by atoms with E-state index in [1.54, 1.807) is 0 Å². The number of ether oxygens (including phenoxy) is 2. The van der Waals surface area contributed by atoms with Crippen molar-refractivity contribution in [3.8, 4) is 11.5 Å². The SMILES string of the molecule is COc1cc(C(=O)Nc2ccc3c4c(cccc24)CC3)c([N+](=O)[O-])cc1OC. The van der Waals surface area contributed by atoms with Gasteiger partial charge in [-0.3, -0.25) is 14.9 Å². The molecule has 4 rings (SSSR count). The maximum Gasteiger partial charge on any atom is 0.286 e. The summed E-state index contributed by atoms with van der Waals surface area (Å²) in [6, 6.07) is 12.4. The lowest BCUT2D eigenvalue weighted by Gasteiger charge is -2.13. The van der Waals surface area contributed by atoms with Gasteiger partial charge in [-0.15, -0.1) is 0 Å². The zero-order chi connectivity index (χ0) is 19.8. The van der Waals surface area contributed by atoms with Gasteiger partial charge in [0.2, 0.25) is 0 Å². The molecule has 3 aromatic carbocycles. The molecule has 0 unspecified atom stereocenters. The number of nitro benzene ring substituents is 1. The minimum atomic E-state index is -0.607. The number of benzene rings is 3. The molecule has 0 atom stereocenters. The van der Waals surface area contributed by atoms with Crippen molar-refractivity contribution in [2.24, 2.45) is 0 Å². The van der Waals surface area contributed by atoms with Crippen molar-refractivity contribution < 1.29 is 19.2 Å². The molecule has 7 heteroatoms. The van der Waals surface area contributed by atoms with E-state index >= 15 is 0 Å². The molecule has 7 nitrogen and oxygen atoms in total. The topological polar surface area (TPSA) is 90.7 Å². The summed E-state index contributed by atoms with van der Waals surface area (Å²) >= 11 is 0. The minimum absolute atomic E-state index is 0.0918. The van der Waals surface area contributed by atoms with E-state index in [0.717, 1.165) is 23.6 Å². The Morgan fingerprint density at radius 2 is 1.71 bits per heavy atom. The third kappa shape index (κ3) is 2.81. The molecule has 1 N–H and O–H groups in total. The normalized spacial score (nSPS) is 12.1. The summed E-state index contributed by atoms with van der Waals surface area (Å²) in [5.41, 5.74) is 2.69. The first-order valence-electron chi connectivity index (χ1n) is 8.78. The fraction of sp³-hybridized carbons (Fsp3) is 0.190. The van der Waals surface area contributed by atoms with E-state index in [4.69, 9.17) is 9.47 Å². The number of hydrogen-bond acceptors (Lipinski definition) is 5. The van der Waals surface area contributed by atoms with E-state index < -0.39 is 10.8 Å². The Labute approximate surface area is 161 Å². The average molecular weight is 378 g/mol. The van der Waals surface area contributed by atoms with Crippen LogP contribution in [0, 0.1) is 10.1 Å². The molecule has 0 saturated carbocycles. The van der Waals surface area contributed by atoms with Crippen LogP contribution in [0.15, 0.2) is 42.5 Å². The van der Waals surface area contributed by atoms with Crippen LogP contribution in [0.25, 0.3) is 10.8 Å². The van der Waals surface area contributed by atoms with E-state index in [2.05, 4.69) is 11.4 Å². The molecule has 3 aromatic rings. The lowest BCUT2D eigenvalue weighted by molar-refractivity contribution is -0.385. The van der Waals surface area contributed by atoms with Crippen molar-refractivity contribution in [1.29, 1.82) is 0 Å². The predicted molar refractivity (Wildman–Crippen MR) is 106 cm³/mol. The van der Waals surface area contributed by atoms with Crippen molar-refractivity contribution in [1.82, 2.24) is 0 Å². The van der Waals surface area contributed by atoms with Crippen LogP contribution in [0.4, 0.5) is 11.4 Å². The Morgan fingerprint density at radius 1 is 1.04 bits per heavy atom. The van der Waals surface area contributed by atoms with E-state index in [0.29, 0.717) is 5.69 Å². The summed E-state index contributed by atoms with van der Waals surface area (Å²) in [4.78, 5) is 23.8. The van der Waals surface area contributed by atoms with Gasteiger partial charge in [0.25, 0.3) is 11.6 Å². The van der Waals surface area contributed by atoms with E-state index in [-0.39, 0.29) is 22.7 Å². The van der Waals surface area contributed by atoms with Crippen molar-refractivity contribution in [3.05, 3.63) is 69.3 Å². The summed E-state index contributed by atoms with van der Waals surface area (Å²) in [7, 11) is 2.79. The number of anilines is 1. The highest BCUT2D eigenvalue weighted by atomic mass is 16.6. The molecule has 142 valence electrons. The number of aryl methyl sites for hydroxylation is 2. The molecule has 0 radical (unpaired) electrons. The lowest BCUT2D eigenvalue weighted by Crippen LogP contribution is -2.15. The smallest absolute Gasteiger partial charge is 0.286 e. The number of nitrogens with zero attached hydrogens (tertiary/aromatic N) is 1. The number of carbonyl (C=O) groups is 1. The van der Waals surface area contributed by atoms with Crippen LogP contribution in [0.2, 0.25) is 0 Å². The minimum Gasteiger partial charge on any atom is -0.493 e. The molecule has 1 aliphatic carbocycles. The Morgan fingerprint density at radius 3 is 2.39 bits per heavy atom. The molecule has 0 aliphatic heterocycles. The second kappa shape index (κ2) is 6.84. The van der Waals surface area contributed by atoms with Crippen LogP contribution in [-0.2, 0) is 12.8 Å². The number of methoxy groups -OCH3 is 2. The fourth-order valence-corrected chi connectivity index (χ4v) is 3.75. The van der Waals surface area contributed by atoms with Crippen LogP contribution in [0.3, 0.4) is 0 Å². The molecule has 0 fully saturated rings. The Hall–Kier alpha value is -3.61. The number of rotatable bonds is 5. The van der Waals surface area contributed by atoms with Crippen LogP contribution >= 0.6 is 0 Å². The molecule has 0 heterocycles. The van der Waals surface area contributed by atoms with E-state index in [1.165, 1.54) is 37.5 Å². The maximum absolute atomic E-state index is 12.9. The number of hydrogen-bond donors (Lipinski definition) is 1. The second-order valence-electron chi connectivity index (χ2n) is 6.55. The summed E-state index contributed by atoms with van der Waals surface area (Å²) in [6.07, 6.45) is 1.95. The highest BCUT2D eigenvalue weighted by Gasteiger charge is 2.25. The van der Waals surface area contributed by atoms with E-state index in [9.17, 15) is 14.9 Å².